The minimum absolute atomic E-state index is 0.0145. The average molecular weight is 547 g/mol. The summed E-state index contributed by atoms with van der Waals surface area (Å²) >= 11 is 0. The Morgan fingerprint density at radius 2 is 0.821 bits per heavy atom. The number of anilines is 2. The van der Waals surface area contributed by atoms with Crippen LogP contribution in [0.25, 0.3) is 0 Å². The van der Waals surface area contributed by atoms with Crippen molar-refractivity contribution < 1.29 is 35.8 Å². The highest BCUT2D eigenvalue weighted by atomic mass is 19.4. The molecule has 0 atom stereocenters. The molecular formula is C29H24F6N2O2. The fourth-order valence-electron chi connectivity index (χ4n) is 4.37. The van der Waals surface area contributed by atoms with Crippen LogP contribution in [0.15, 0.2) is 84.9 Å². The molecule has 204 valence electrons. The number of ether oxygens (including phenoxy) is 2. The Morgan fingerprint density at radius 1 is 0.487 bits per heavy atom. The van der Waals surface area contributed by atoms with E-state index in [1.165, 1.54) is 48.5 Å². The predicted octanol–water partition coefficient (Wildman–Crippen LogP) is 8.46. The van der Waals surface area contributed by atoms with Crippen LogP contribution in [0.5, 0.6) is 23.0 Å². The molecule has 10 heteroatoms. The molecule has 0 unspecified atom stereocenters. The summed E-state index contributed by atoms with van der Waals surface area (Å²) in [6, 6.07) is 17.2. The fourth-order valence-corrected chi connectivity index (χ4v) is 4.37. The van der Waals surface area contributed by atoms with Gasteiger partial charge in [0.2, 0.25) is 5.41 Å². The highest BCUT2D eigenvalue weighted by Gasteiger charge is 2.74. The van der Waals surface area contributed by atoms with Gasteiger partial charge >= 0.3 is 12.4 Å². The van der Waals surface area contributed by atoms with Crippen molar-refractivity contribution in [2.24, 2.45) is 0 Å². The molecule has 0 spiro atoms. The maximum absolute atomic E-state index is 15.1. The van der Waals surface area contributed by atoms with Gasteiger partial charge in [0.15, 0.2) is 0 Å². The number of halogens is 6. The van der Waals surface area contributed by atoms with Gasteiger partial charge in [0.25, 0.3) is 0 Å². The molecule has 0 fully saturated rings. The lowest BCUT2D eigenvalue weighted by atomic mass is 9.72. The third-order valence-corrected chi connectivity index (χ3v) is 6.52. The van der Waals surface area contributed by atoms with Crippen LogP contribution in [-0.2, 0) is 5.41 Å². The number of hydrogen-bond donors (Lipinski definition) is 2. The molecule has 0 saturated heterocycles. The first-order chi connectivity index (χ1) is 18.3. The van der Waals surface area contributed by atoms with Crippen LogP contribution < -0.4 is 20.9 Å². The monoisotopic (exact) mass is 546 g/mol. The van der Waals surface area contributed by atoms with Gasteiger partial charge in [-0.15, -0.1) is 0 Å². The zero-order chi connectivity index (χ0) is 28.6. The van der Waals surface area contributed by atoms with Crippen LogP contribution in [0.3, 0.4) is 0 Å². The van der Waals surface area contributed by atoms with Crippen LogP contribution in [0.1, 0.15) is 22.3 Å². The third kappa shape index (κ3) is 4.82. The molecule has 0 aliphatic heterocycles. The van der Waals surface area contributed by atoms with Crippen LogP contribution in [0, 0.1) is 13.8 Å². The first-order valence-corrected chi connectivity index (χ1v) is 11.7. The van der Waals surface area contributed by atoms with Crippen LogP contribution >= 0.6 is 0 Å². The predicted molar refractivity (Wildman–Crippen MR) is 137 cm³/mol. The molecular weight excluding hydrogens is 522 g/mol. The smallest absolute Gasteiger partial charge is 0.411 e. The zero-order valence-electron chi connectivity index (χ0n) is 20.8. The van der Waals surface area contributed by atoms with Crippen molar-refractivity contribution in [3.05, 3.63) is 107 Å². The summed E-state index contributed by atoms with van der Waals surface area (Å²) < 4.78 is 102. The van der Waals surface area contributed by atoms with E-state index in [0.29, 0.717) is 11.1 Å². The van der Waals surface area contributed by atoms with E-state index < -0.39 is 40.4 Å². The van der Waals surface area contributed by atoms with E-state index in [4.69, 9.17) is 20.9 Å². The lowest BCUT2D eigenvalue weighted by Crippen LogP contribution is -2.55. The summed E-state index contributed by atoms with van der Waals surface area (Å²) in [5, 5.41) is 0. The van der Waals surface area contributed by atoms with Gasteiger partial charge in [-0.05, 0) is 50.2 Å². The maximum atomic E-state index is 15.1. The minimum atomic E-state index is -5.88. The Kier molecular flexibility index (Phi) is 7.16. The first kappa shape index (κ1) is 27.7. The van der Waals surface area contributed by atoms with Crippen LogP contribution in [-0.4, -0.2) is 12.4 Å². The number of para-hydroxylation sites is 2. The molecule has 0 radical (unpaired) electrons. The second-order valence-corrected chi connectivity index (χ2v) is 8.88. The molecule has 0 saturated carbocycles. The van der Waals surface area contributed by atoms with Gasteiger partial charge in [-0.25, -0.2) is 0 Å². The van der Waals surface area contributed by atoms with Gasteiger partial charge in [0.1, 0.15) is 23.0 Å². The van der Waals surface area contributed by atoms with E-state index in [2.05, 4.69) is 0 Å². The SMILES string of the molecule is Cc1c(N)cccc1Oc1ccccc1C(c1ccccc1Oc1cccc(N)c1C)(C(F)(F)F)C(F)(F)F. The average Bonchev–Trinajstić information content (AvgIpc) is 2.85. The van der Waals surface area contributed by atoms with Gasteiger partial charge < -0.3 is 20.9 Å². The molecule has 0 aromatic heterocycles. The second kappa shape index (κ2) is 10.1. The summed E-state index contributed by atoms with van der Waals surface area (Å²) in [6.45, 7) is 3.09. The van der Waals surface area contributed by atoms with E-state index in [9.17, 15) is 0 Å². The standard InChI is InChI=1S/C29H24F6N2O2/c1-17-21(36)11-7-15-23(17)38-25-13-5-3-9-19(25)27(28(30,31)32,29(33,34)35)20-10-4-6-14-26(20)39-24-16-8-12-22(37)18(24)2/h3-16H,36-37H2,1-2H3. The summed E-state index contributed by atoms with van der Waals surface area (Å²) in [5.41, 5.74) is 6.15. The van der Waals surface area contributed by atoms with Crippen molar-refractivity contribution in [3.63, 3.8) is 0 Å². The summed E-state index contributed by atoms with van der Waals surface area (Å²) in [5.74, 6) is -1.26. The van der Waals surface area contributed by atoms with Gasteiger partial charge in [-0.2, -0.15) is 26.3 Å². The minimum Gasteiger partial charge on any atom is -0.457 e. The molecule has 0 aliphatic rings. The summed E-state index contributed by atoms with van der Waals surface area (Å²) in [4.78, 5) is 0. The Labute approximate surface area is 220 Å². The number of benzene rings is 4. The normalized spacial score (nSPS) is 12.3. The number of rotatable bonds is 6. The zero-order valence-corrected chi connectivity index (χ0v) is 20.8. The highest BCUT2D eigenvalue weighted by molar-refractivity contribution is 5.60. The third-order valence-electron chi connectivity index (χ3n) is 6.52. The van der Waals surface area contributed by atoms with Crippen molar-refractivity contribution in [3.8, 4) is 23.0 Å². The number of nitrogen functional groups attached to an aromatic ring is 2. The van der Waals surface area contributed by atoms with E-state index in [-0.39, 0.29) is 22.9 Å². The lowest BCUT2D eigenvalue weighted by molar-refractivity contribution is -0.289. The molecule has 0 heterocycles. The lowest BCUT2D eigenvalue weighted by Gasteiger charge is -2.39. The van der Waals surface area contributed by atoms with Crippen molar-refractivity contribution >= 4 is 11.4 Å². The fraction of sp³-hybridized carbons (Fsp3) is 0.172. The summed E-state index contributed by atoms with van der Waals surface area (Å²) in [6.07, 6.45) is -11.8. The van der Waals surface area contributed by atoms with Crippen molar-refractivity contribution in [2.75, 3.05) is 11.5 Å². The van der Waals surface area contributed by atoms with Gasteiger partial charge in [-0.1, -0.05) is 48.5 Å². The molecule has 0 bridgehead atoms. The maximum Gasteiger partial charge on any atom is 0.411 e. The van der Waals surface area contributed by atoms with Crippen molar-refractivity contribution in [1.29, 1.82) is 0 Å². The quantitative estimate of drug-likeness (QED) is 0.188. The molecule has 39 heavy (non-hydrogen) atoms. The van der Waals surface area contributed by atoms with Gasteiger partial charge in [0.05, 0.1) is 0 Å². The molecule has 4 rings (SSSR count). The Balaban J connectivity index is 2.02. The molecule has 0 amide bonds. The van der Waals surface area contributed by atoms with Gasteiger partial charge in [0, 0.05) is 33.6 Å². The molecule has 0 aliphatic carbocycles. The van der Waals surface area contributed by atoms with E-state index >= 15 is 26.3 Å². The number of hydrogen-bond acceptors (Lipinski definition) is 4. The molecule has 4 N–H and O–H groups in total. The second-order valence-electron chi connectivity index (χ2n) is 8.88. The van der Waals surface area contributed by atoms with Crippen molar-refractivity contribution in [2.45, 2.75) is 31.6 Å². The number of nitrogens with two attached hydrogens (primary N) is 2. The Hall–Kier alpha value is -4.34. The molecule has 4 nitrogen and oxygen atoms in total. The van der Waals surface area contributed by atoms with Crippen molar-refractivity contribution in [1.82, 2.24) is 0 Å². The Morgan fingerprint density at radius 3 is 1.18 bits per heavy atom. The molecule has 4 aromatic carbocycles. The van der Waals surface area contributed by atoms with Crippen LogP contribution in [0.4, 0.5) is 37.7 Å². The van der Waals surface area contributed by atoms with E-state index in [1.807, 2.05) is 0 Å². The largest absolute Gasteiger partial charge is 0.457 e. The first-order valence-electron chi connectivity index (χ1n) is 11.7. The van der Waals surface area contributed by atoms with Crippen LogP contribution in [0.2, 0.25) is 0 Å². The van der Waals surface area contributed by atoms with Gasteiger partial charge in [-0.3, -0.25) is 0 Å². The topological polar surface area (TPSA) is 70.5 Å². The number of alkyl halides is 6. The van der Waals surface area contributed by atoms with E-state index in [1.54, 1.807) is 13.8 Å². The molecule has 4 aromatic rings. The highest BCUT2D eigenvalue weighted by Crippen LogP contribution is 2.60. The van der Waals surface area contributed by atoms with E-state index in [0.717, 1.165) is 36.4 Å². The Bertz CT molecular complexity index is 1390. The summed E-state index contributed by atoms with van der Waals surface area (Å²) in [7, 11) is 0.